The maximum Gasteiger partial charge on any atom is 0.338 e. The fraction of sp³-hybridized carbons (Fsp3) is 0.150. The van der Waals surface area contributed by atoms with Crippen molar-refractivity contribution in [2.45, 2.75) is 13.5 Å². The second-order valence-corrected chi connectivity index (χ2v) is 7.06. The summed E-state index contributed by atoms with van der Waals surface area (Å²) in [5.41, 5.74) is 1.74. The van der Waals surface area contributed by atoms with Gasteiger partial charge in [-0.2, -0.15) is 4.99 Å². The maximum atomic E-state index is 12.5. The van der Waals surface area contributed by atoms with E-state index in [2.05, 4.69) is 11.6 Å². The summed E-state index contributed by atoms with van der Waals surface area (Å²) in [6.45, 7) is 6.33. The smallest absolute Gasteiger partial charge is 0.338 e. The van der Waals surface area contributed by atoms with Gasteiger partial charge in [0.15, 0.2) is 4.80 Å². The predicted molar refractivity (Wildman–Crippen MR) is 107 cm³/mol. The average molecular weight is 401 g/mol. The van der Waals surface area contributed by atoms with Gasteiger partial charge in [-0.25, -0.2) is 4.79 Å². The lowest BCUT2D eigenvalue weighted by molar-refractivity contribution is 0.0526. The first-order chi connectivity index (χ1) is 13.0. The Balaban J connectivity index is 2.10. The van der Waals surface area contributed by atoms with Crippen LogP contribution in [0.2, 0.25) is 5.02 Å². The highest BCUT2D eigenvalue weighted by Gasteiger charge is 2.12. The molecule has 138 valence electrons. The van der Waals surface area contributed by atoms with Gasteiger partial charge in [-0.3, -0.25) is 4.79 Å². The summed E-state index contributed by atoms with van der Waals surface area (Å²) >= 11 is 7.28. The van der Waals surface area contributed by atoms with E-state index in [1.807, 2.05) is 10.6 Å². The van der Waals surface area contributed by atoms with E-state index < -0.39 is 0 Å². The van der Waals surface area contributed by atoms with Gasteiger partial charge in [0.1, 0.15) is 0 Å². The summed E-state index contributed by atoms with van der Waals surface area (Å²) < 4.78 is 7.76. The van der Waals surface area contributed by atoms with Gasteiger partial charge in [0.25, 0.3) is 5.91 Å². The van der Waals surface area contributed by atoms with Crippen LogP contribution in [-0.4, -0.2) is 23.1 Å². The molecule has 3 rings (SSSR count). The van der Waals surface area contributed by atoms with Crippen LogP contribution in [0.5, 0.6) is 0 Å². The number of hydrogen-bond donors (Lipinski definition) is 0. The minimum Gasteiger partial charge on any atom is -0.462 e. The zero-order valence-electron chi connectivity index (χ0n) is 14.6. The van der Waals surface area contributed by atoms with E-state index in [-0.39, 0.29) is 11.9 Å². The second-order valence-electron chi connectivity index (χ2n) is 5.61. The summed E-state index contributed by atoms with van der Waals surface area (Å²) in [6.07, 6.45) is 1.73. The van der Waals surface area contributed by atoms with Crippen molar-refractivity contribution >= 4 is 45.0 Å². The molecule has 1 aromatic heterocycles. The first-order valence-electron chi connectivity index (χ1n) is 8.29. The molecule has 27 heavy (non-hydrogen) atoms. The number of thiazole rings is 1. The lowest BCUT2D eigenvalue weighted by Crippen LogP contribution is -2.16. The largest absolute Gasteiger partial charge is 0.462 e. The first kappa shape index (κ1) is 19.1. The molecule has 0 aliphatic rings. The Morgan fingerprint density at radius 3 is 2.78 bits per heavy atom. The van der Waals surface area contributed by atoms with Crippen molar-refractivity contribution in [3.8, 4) is 0 Å². The molecule has 7 heteroatoms. The number of rotatable bonds is 5. The SMILES string of the molecule is C=CCn1c(=NC(=O)c2cccc(Cl)c2)sc2cc(C(=O)OCC)ccc21. The third kappa shape index (κ3) is 4.18. The lowest BCUT2D eigenvalue weighted by Gasteiger charge is -2.03. The van der Waals surface area contributed by atoms with Crippen molar-refractivity contribution in [2.75, 3.05) is 6.61 Å². The molecule has 0 spiro atoms. The molecule has 0 aliphatic heterocycles. The Hall–Kier alpha value is -2.70. The van der Waals surface area contributed by atoms with Crippen molar-refractivity contribution in [1.82, 2.24) is 4.57 Å². The number of ether oxygens (including phenoxy) is 1. The van der Waals surface area contributed by atoms with Crippen molar-refractivity contribution in [3.63, 3.8) is 0 Å². The zero-order chi connectivity index (χ0) is 19.4. The summed E-state index contributed by atoms with van der Waals surface area (Å²) in [5, 5.41) is 0.477. The van der Waals surface area contributed by atoms with Crippen molar-refractivity contribution in [2.24, 2.45) is 4.99 Å². The topological polar surface area (TPSA) is 60.7 Å². The molecule has 5 nitrogen and oxygen atoms in total. The normalized spacial score (nSPS) is 11.6. The lowest BCUT2D eigenvalue weighted by atomic mass is 10.2. The molecule has 1 heterocycles. The molecule has 0 radical (unpaired) electrons. The Morgan fingerprint density at radius 2 is 2.07 bits per heavy atom. The van der Waals surface area contributed by atoms with Gasteiger partial charge < -0.3 is 9.30 Å². The van der Waals surface area contributed by atoms with Crippen LogP contribution in [0.15, 0.2) is 60.1 Å². The molecule has 0 saturated carbocycles. The maximum absolute atomic E-state index is 12.5. The van der Waals surface area contributed by atoms with Crippen LogP contribution in [0, 0.1) is 0 Å². The van der Waals surface area contributed by atoms with E-state index in [0.29, 0.717) is 34.1 Å². The standard InChI is InChI=1S/C20H17ClN2O3S/c1-3-10-23-16-9-8-14(19(25)26-4-2)12-17(16)27-20(23)22-18(24)13-6-5-7-15(21)11-13/h3,5-9,11-12H,1,4,10H2,2H3. The molecule has 0 saturated heterocycles. The number of carbonyl (C=O) groups excluding carboxylic acids is 2. The minimum absolute atomic E-state index is 0.312. The highest BCUT2D eigenvalue weighted by molar-refractivity contribution is 7.16. The molecular formula is C20H17ClN2O3S. The van der Waals surface area contributed by atoms with E-state index in [1.54, 1.807) is 49.4 Å². The second kappa shape index (κ2) is 8.33. The van der Waals surface area contributed by atoms with Crippen molar-refractivity contribution in [1.29, 1.82) is 0 Å². The van der Waals surface area contributed by atoms with Crippen LogP contribution >= 0.6 is 22.9 Å². The molecule has 0 fully saturated rings. The Labute approximate surface area is 165 Å². The van der Waals surface area contributed by atoms with Gasteiger partial charge in [-0.05, 0) is 43.3 Å². The van der Waals surface area contributed by atoms with Crippen LogP contribution in [0.25, 0.3) is 10.2 Å². The third-order valence-electron chi connectivity index (χ3n) is 3.77. The molecule has 1 amide bonds. The molecule has 3 aromatic rings. The van der Waals surface area contributed by atoms with Gasteiger partial charge in [0.05, 0.1) is 22.4 Å². The Bertz CT molecular complexity index is 1100. The molecule has 0 bridgehead atoms. The Morgan fingerprint density at radius 1 is 1.26 bits per heavy atom. The van der Waals surface area contributed by atoms with Crippen LogP contribution in [0.4, 0.5) is 0 Å². The van der Waals surface area contributed by atoms with Gasteiger partial charge in [-0.15, -0.1) is 6.58 Å². The number of hydrogen-bond acceptors (Lipinski definition) is 4. The predicted octanol–water partition coefficient (Wildman–Crippen LogP) is 4.46. The number of halogens is 1. The monoisotopic (exact) mass is 400 g/mol. The van der Waals surface area contributed by atoms with E-state index in [0.717, 1.165) is 10.2 Å². The molecule has 0 atom stereocenters. The highest BCUT2D eigenvalue weighted by Crippen LogP contribution is 2.20. The molecule has 0 unspecified atom stereocenters. The van der Waals surface area contributed by atoms with Crippen LogP contribution in [0.3, 0.4) is 0 Å². The van der Waals surface area contributed by atoms with E-state index in [4.69, 9.17) is 16.3 Å². The fourth-order valence-corrected chi connectivity index (χ4v) is 3.85. The van der Waals surface area contributed by atoms with Crippen LogP contribution < -0.4 is 4.80 Å². The number of carbonyl (C=O) groups is 2. The Kier molecular flexibility index (Phi) is 5.88. The van der Waals surface area contributed by atoms with E-state index in [9.17, 15) is 9.59 Å². The van der Waals surface area contributed by atoms with Gasteiger partial charge in [-0.1, -0.05) is 35.1 Å². The van der Waals surface area contributed by atoms with Crippen molar-refractivity contribution < 1.29 is 14.3 Å². The molecule has 2 aromatic carbocycles. The quantitative estimate of drug-likeness (QED) is 0.469. The number of amides is 1. The van der Waals surface area contributed by atoms with Crippen LogP contribution in [0.1, 0.15) is 27.6 Å². The summed E-state index contributed by atoms with van der Waals surface area (Å²) in [6, 6.07) is 11.9. The number of allylic oxidation sites excluding steroid dienone is 1. The molecule has 0 aliphatic carbocycles. The number of aromatic nitrogens is 1. The summed E-state index contributed by atoms with van der Waals surface area (Å²) in [4.78, 5) is 29.3. The number of benzene rings is 2. The van der Waals surface area contributed by atoms with Crippen molar-refractivity contribution in [3.05, 3.63) is 76.1 Å². The zero-order valence-corrected chi connectivity index (χ0v) is 16.2. The highest BCUT2D eigenvalue weighted by atomic mass is 35.5. The van der Waals surface area contributed by atoms with Gasteiger partial charge >= 0.3 is 5.97 Å². The average Bonchev–Trinajstić information content (AvgIpc) is 2.98. The minimum atomic E-state index is -0.382. The number of esters is 1. The molecular weight excluding hydrogens is 384 g/mol. The number of nitrogens with zero attached hydrogens (tertiary/aromatic N) is 2. The molecule has 0 N–H and O–H groups in total. The van der Waals surface area contributed by atoms with E-state index in [1.165, 1.54) is 11.3 Å². The van der Waals surface area contributed by atoms with Gasteiger partial charge in [0.2, 0.25) is 0 Å². The number of fused-ring (bicyclic) bond motifs is 1. The van der Waals surface area contributed by atoms with Gasteiger partial charge in [0, 0.05) is 17.1 Å². The van der Waals surface area contributed by atoms with E-state index >= 15 is 0 Å². The fourth-order valence-electron chi connectivity index (χ4n) is 2.58. The van der Waals surface area contributed by atoms with Crippen LogP contribution in [-0.2, 0) is 11.3 Å². The first-order valence-corrected chi connectivity index (χ1v) is 9.49. The summed E-state index contributed by atoms with van der Waals surface area (Å²) in [5.74, 6) is -0.760. The summed E-state index contributed by atoms with van der Waals surface area (Å²) in [7, 11) is 0. The third-order valence-corrected chi connectivity index (χ3v) is 5.05.